The average molecular weight is 157 g/mol. The van der Waals surface area contributed by atoms with E-state index in [-0.39, 0.29) is 6.10 Å². The Labute approximate surface area is 68.8 Å². The zero-order chi connectivity index (χ0) is 8.43. The zero-order valence-corrected chi connectivity index (χ0v) is 7.46. The molecule has 0 aromatic heterocycles. The fourth-order valence-electron chi connectivity index (χ4n) is 2.23. The summed E-state index contributed by atoms with van der Waals surface area (Å²) < 4.78 is 0. The molecule has 2 nitrogen and oxygen atoms in total. The van der Waals surface area contributed by atoms with Gasteiger partial charge in [-0.3, -0.25) is 0 Å². The lowest BCUT2D eigenvalue weighted by molar-refractivity contribution is 0.0109. The molecule has 1 aliphatic rings. The van der Waals surface area contributed by atoms with Crippen molar-refractivity contribution in [2.75, 3.05) is 6.54 Å². The monoisotopic (exact) mass is 157 g/mol. The lowest BCUT2D eigenvalue weighted by Crippen LogP contribution is -2.38. The fraction of sp³-hybridized carbons (Fsp3) is 1.00. The quantitative estimate of drug-likeness (QED) is 0.596. The Morgan fingerprint density at radius 2 is 2.00 bits per heavy atom. The van der Waals surface area contributed by atoms with Crippen LogP contribution in [0.25, 0.3) is 0 Å². The van der Waals surface area contributed by atoms with E-state index in [9.17, 15) is 5.11 Å². The average Bonchev–Trinajstić information content (AvgIpc) is 1.96. The Kier molecular flexibility index (Phi) is 2.90. The molecule has 0 heterocycles. The highest BCUT2D eigenvalue weighted by molar-refractivity contribution is 4.82. The van der Waals surface area contributed by atoms with Crippen LogP contribution in [0.4, 0.5) is 0 Å². The topological polar surface area (TPSA) is 46.2 Å². The van der Waals surface area contributed by atoms with Crippen molar-refractivity contribution in [3.63, 3.8) is 0 Å². The van der Waals surface area contributed by atoms with Crippen LogP contribution in [0.1, 0.15) is 26.7 Å². The van der Waals surface area contributed by atoms with E-state index < -0.39 is 0 Å². The Morgan fingerprint density at radius 3 is 2.55 bits per heavy atom. The first-order chi connectivity index (χ1) is 5.15. The molecule has 3 N–H and O–H groups in total. The third-order valence-corrected chi connectivity index (χ3v) is 2.85. The van der Waals surface area contributed by atoms with Gasteiger partial charge in [0.05, 0.1) is 6.10 Å². The van der Waals surface area contributed by atoms with E-state index in [1.54, 1.807) is 0 Å². The van der Waals surface area contributed by atoms with E-state index in [2.05, 4.69) is 13.8 Å². The molecule has 66 valence electrons. The van der Waals surface area contributed by atoms with Gasteiger partial charge in [0.15, 0.2) is 0 Å². The van der Waals surface area contributed by atoms with Gasteiger partial charge in [0.25, 0.3) is 0 Å². The predicted molar refractivity (Wildman–Crippen MR) is 46.1 cm³/mol. The molecule has 0 aromatic rings. The number of aliphatic hydroxyl groups is 1. The maximum atomic E-state index is 9.68. The van der Waals surface area contributed by atoms with Crippen LogP contribution >= 0.6 is 0 Å². The summed E-state index contributed by atoms with van der Waals surface area (Å²) in [6.45, 7) is 4.99. The summed E-state index contributed by atoms with van der Waals surface area (Å²) >= 11 is 0. The maximum Gasteiger partial charge on any atom is 0.0606 e. The minimum absolute atomic E-state index is 0.156. The molecule has 0 aromatic carbocycles. The largest absolute Gasteiger partial charge is 0.393 e. The van der Waals surface area contributed by atoms with Crippen molar-refractivity contribution in [3.05, 3.63) is 0 Å². The molecule has 2 heteroatoms. The Hall–Kier alpha value is -0.0800. The van der Waals surface area contributed by atoms with Crippen LogP contribution < -0.4 is 5.73 Å². The number of rotatable bonds is 1. The second kappa shape index (κ2) is 3.55. The fourth-order valence-corrected chi connectivity index (χ4v) is 2.23. The van der Waals surface area contributed by atoms with Gasteiger partial charge in [-0.1, -0.05) is 13.8 Å². The highest BCUT2D eigenvalue weighted by Gasteiger charge is 2.31. The molecule has 0 aliphatic heterocycles. The molecule has 0 saturated heterocycles. The van der Waals surface area contributed by atoms with Crippen LogP contribution in [0.3, 0.4) is 0 Å². The third-order valence-electron chi connectivity index (χ3n) is 2.85. The summed E-state index contributed by atoms with van der Waals surface area (Å²) in [5.41, 5.74) is 5.56. The van der Waals surface area contributed by atoms with E-state index in [0.717, 1.165) is 18.8 Å². The van der Waals surface area contributed by atoms with Gasteiger partial charge in [-0.05, 0) is 37.1 Å². The zero-order valence-electron chi connectivity index (χ0n) is 7.46. The molecular weight excluding hydrogens is 138 g/mol. The molecule has 1 saturated carbocycles. The first-order valence-corrected chi connectivity index (χ1v) is 4.53. The molecule has 0 radical (unpaired) electrons. The van der Waals surface area contributed by atoms with Crippen molar-refractivity contribution in [1.82, 2.24) is 0 Å². The molecule has 1 fully saturated rings. The van der Waals surface area contributed by atoms with Crippen molar-refractivity contribution < 1.29 is 5.11 Å². The SMILES string of the molecule is CC1CC(C)C(O)C(CN)C1. The summed E-state index contributed by atoms with van der Waals surface area (Å²) in [5, 5.41) is 9.68. The number of hydrogen-bond acceptors (Lipinski definition) is 2. The maximum absolute atomic E-state index is 9.68. The van der Waals surface area contributed by atoms with Gasteiger partial charge in [0, 0.05) is 0 Å². The second-order valence-electron chi connectivity index (χ2n) is 4.04. The van der Waals surface area contributed by atoms with Crippen molar-refractivity contribution in [2.24, 2.45) is 23.5 Å². The van der Waals surface area contributed by atoms with Gasteiger partial charge in [0.1, 0.15) is 0 Å². The molecule has 0 spiro atoms. The number of nitrogens with two attached hydrogens (primary N) is 1. The van der Waals surface area contributed by atoms with E-state index >= 15 is 0 Å². The Morgan fingerprint density at radius 1 is 1.36 bits per heavy atom. The molecule has 0 bridgehead atoms. The van der Waals surface area contributed by atoms with Crippen LogP contribution in [0.5, 0.6) is 0 Å². The van der Waals surface area contributed by atoms with Crippen molar-refractivity contribution in [1.29, 1.82) is 0 Å². The highest BCUT2D eigenvalue weighted by Crippen LogP contribution is 2.32. The summed E-state index contributed by atoms with van der Waals surface area (Å²) in [4.78, 5) is 0. The predicted octanol–water partition coefficient (Wildman–Crippen LogP) is 0.988. The van der Waals surface area contributed by atoms with Gasteiger partial charge in [0.2, 0.25) is 0 Å². The molecular formula is C9H19NO. The number of aliphatic hydroxyl groups excluding tert-OH is 1. The molecule has 1 aliphatic carbocycles. The van der Waals surface area contributed by atoms with Crippen LogP contribution in [-0.2, 0) is 0 Å². The smallest absolute Gasteiger partial charge is 0.0606 e. The molecule has 1 rings (SSSR count). The number of hydrogen-bond donors (Lipinski definition) is 2. The lowest BCUT2D eigenvalue weighted by Gasteiger charge is -2.35. The van der Waals surface area contributed by atoms with Gasteiger partial charge in [-0.25, -0.2) is 0 Å². The van der Waals surface area contributed by atoms with Crippen molar-refractivity contribution in [3.8, 4) is 0 Å². The van der Waals surface area contributed by atoms with Crippen LogP contribution in [0, 0.1) is 17.8 Å². The summed E-state index contributed by atoms with van der Waals surface area (Å²) in [7, 11) is 0. The van der Waals surface area contributed by atoms with Gasteiger partial charge < -0.3 is 10.8 Å². The molecule has 11 heavy (non-hydrogen) atoms. The van der Waals surface area contributed by atoms with E-state index in [0.29, 0.717) is 18.4 Å². The van der Waals surface area contributed by atoms with Crippen molar-refractivity contribution >= 4 is 0 Å². The van der Waals surface area contributed by atoms with E-state index in [1.807, 2.05) is 0 Å². The van der Waals surface area contributed by atoms with Crippen LogP contribution in [-0.4, -0.2) is 17.8 Å². The van der Waals surface area contributed by atoms with E-state index in [4.69, 9.17) is 5.73 Å². The van der Waals surface area contributed by atoms with Crippen LogP contribution in [0.2, 0.25) is 0 Å². The van der Waals surface area contributed by atoms with Gasteiger partial charge >= 0.3 is 0 Å². The minimum atomic E-state index is -0.156. The minimum Gasteiger partial charge on any atom is -0.393 e. The summed E-state index contributed by atoms with van der Waals surface area (Å²) in [5.74, 6) is 1.52. The Balaban J connectivity index is 2.51. The van der Waals surface area contributed by atoms with Crippen molar-refractivity contribution in [2.45, 2.75) is 32.8 Å². The molecule has 4 atom stereocenters. The first-order valence-electron chi connectivity index (χ1n) is 4.53. The lowest BCUT2D eigenvalue weighted by atomic mass is 9.74. The summed E-state index contributed by atoms with van der Waals surface area (Å²) in [6, 6.07) is 0. The highest BCUT2D eigenvalue weighted by atomic mass is 16.3. The normalized spacial score (nSPS) is 45.8. The Bertz CT molecular complexity index is 127. The van der Waals surface area contributed by atoms with Crippen LogP contribution in [0.15, 0.2) is 0 Å². The standard InChI is InChI=1S/C9H19NO/c1-6-3-7(2)9(11)8(4-6)5-10/h6-9,11H,3-5,10H2,1-2H3. The second-order valence-corrected chi connectivity index (χ2v) is 4.04. The van der Waals surface area contributed by atoms with E-state index in [1.165, 1.54) is 0 Å². The van der Waals surface area contributed by atoms with Gasteiger partial charge in [-0.2, -0.15) is 0 Å². The third kappa shape index (κ3) is 1.94. The first kappa shape index (κ1) is 9.01. The molecule has 0 amide bonds. The molecule has 4 unspecified atom stereocenters. The summed E-state index contributed by atoms with van der Waals surface area (Å²) in [6.07, 6.45) is 2.09. The van der Waals surface area contributed by atoms with Gasteiger partial charge in [-0.15, -0.1) is 0 Å².